The predicted octanol–water partition coefficient (Wildman–Crippen LogP) is 6.35. The van der Waals surface area contributed by atoms with E-state index in [0.717, 1.165) is 12.1 Å². The van der Waals surface area contributed by atoms with E-state index < -0.39 is 48.2 Å². The molecule has 36 heavy (non-hydrogen) atoms. The van der Waals surface area contributed by atoms with Gasteiger partial charge < -0.3 is 10.2 Å². The predicted molar refractivity (Wildman–Crippen MR) is 120 cm³/mol. The maximum absolute atomic E-state index is 13.2. The zero-order chi connectivity index (χ0) is 26.9. The molecular weight excluding hydrogens is 514 g/mol. The zero-order valence-corrected chi connectivity index (χ0v) is 19.9. The van der Waals surface area contributed by atoms with Crippen LogP contribution in [0.4, 0.5) is 26.3 Å². The Kier molecular flexibility index (Phi) is 7.73. The molecule has 1 aliphatic heterocycles. The molecule has 0 fully saturated rings. The summed E-state index contributed by atoms with van der Waals surface area (Å²) in [5.41, 5.74) is -0.0660. The van der Waals surface area contributed by atoms with Crippen LogP contribution in [0.1, 0.15) is 58.8 Å². The molecule has 1 atom stereocenters. The molecule has 0 saturated carbocycles. The summed E-state index contributed by atoms with van der Waals surface area (Å²) >= 11 is 5.90. The minimum atomic E-state index is -4.59. The van der Waals surface area contributed by atoms with Crippen molar-refractivity contribution in [2.45, 2.75) is 51.1 Å². The maximum Gasteiger partial charge on any atom is 0.416 e. The van der Waals surface area contributed by atoms with Crippen LogP contribution in [0.3, 0.4) is 0 Å². The molecule has 0 saturated heterocycles. The van der Waals surface area contributed by atoms with Crippen LogP contribution in [0.25, 0.3) is 0 Å². The van der Waals surface area contributed by atoms with Gasteiger partial charge in [-0.3, -0.25) is 9.59 Å². The highest BCUT2D eigenvalue weighted by Gasteiger charge is 2.39. The number of halogens is 7. The highest BCUT2D eigenvalue weighted by atomic mass is 35.5. The lowest BCUT2D eigenvalue weighted by molar-refractivity contribution is -0.138. The number of hydrogen-bond donors (Lipinski definition) is 1. The van der Waals surface area contributed by atoms with Crippen molar-refractivity contribution in [1.82, 2.24) is 5.32 Å². The second-order valence-electron chi connectivity index (χ2n) is 8.61. The van der Waals surface area contributed by atoms with Gasteiger partial charge in [0.15, 0.2) is 11.4 Å². The molecule has 1 heterocycles. The van der Waals surface area contributed by atoms with Crippen molar-refractivity contribution in [2.75, 3.05) is 6.54 Å². The zero-order valence-electron chi connectivity index (χ0n) is 19.1. The van der Waals surface area contributed by atoms with Crippen LogP contribution in [0.2, 0.25) is 5.02 Å². The van der Waals surface area contributed by atoms with Crippen molar-refractivity contribution in [3.63, 3.8) is 0 Å². The van der Waals surface area contributed by atoms with Crippen LogP contribution in [0.15, 0.2) is 41.6 Å². The molecule has 1 N–H and O–H groups in total. The first-order valence-electron chi connectivity index (χ1n) is 10.7. The normalized spacial score (nSPS) is 18.0. The third-order valence-corrected chi connectivity index (χ3v) is 5.84. The van der Waals surface area contributed by atoms with E-state index >= 15 is 0 Å². The van der Waals surface area contributed by atoms with Crippen molar-refractivity contribution in [3.8, 4) is 0 Å². The molecule has 12 heteroatoms. The molecule has 0 aromatic heterocycles. The van der Waals surface area contributed by atoms with Gasteiger partial charge in [-0.25, -0.2) is 0 Å². The Morgan fingerprint density at radius 3 is 2.39 bits per heavy atom. The van der Waals surface area contributed by atoms with E-state index in [4.69, 9.17) is 16.4 Å². The summed E-state index contributed by atoms with van der Waals surface area (Å²) in [6.07, 6.45) is -9.66. The van der Waals surface area contributed by atoms with Gasteiger partial charge >= 0.3 is 12.4 Å². The Bertz CT molecular complexity index is 1210. The lowest BCUT2D eigenvalue weighted by atomic mass is 9.87. The molecule has 2 aromatic carbocycles. The van der Waals surface area contributed by atoms with E-state index in [9.17, 15) is 35.9 Å². The molecule has 0 spiro atoms. The molecule has 5 nitrogen and oxygen atoms in total. The molecule has 0 aliphatic carbocycles. The molecule has 0 unspecified atom stereocenters. The monoisotopic (exact) mass is 534 g/mol. The van der Waals surface area contributed by atoms with E-state index in [1.807, 2.05) is 0 Å². The van der Waals surface area contributed by atoms with Gasteiger partial charge in [0.1, 0.15) is 6.54 Å². The molecular formula is C24H21ClF6N2O3. The second kappa shape index (κ2) is 10.1. The minimum absolute atomic E-state index is 0.0936. The van der Waals surface area contributed by atoms with Gasteiger partial charge in [0, 0.05) is 35.4 Å². The fraction of sp³-hybridized carbons (Fsp3) is 0.375. The summed E-state index contributed by atoms with van der Waals surface area (Å²) < 4.78 is 76.2. The summed E-state index contributed by atoms with van der Waals surface area (Å²) in [5, 5.41) is 5.65. The summed E-state index contributed by atoms with van der Waals surface area (Å²) in [6.45, 7) is 1.76. The lowest BCUT2D eigenvalue weighted by Gasteiger charge is -2.23. The Hall–Kier alpha value is -3.08. The van der Waals surface area contributed by atoms with Crippen LogP contribution in [0.5, 0.6) is 0 Å². The number of aryl methyl sites for hydroxylation is 1. The third-order valence-electron chi connectivity index (χ3n) is 5.62. The third kappa shape index (κ3) is 6.77. The number of hydrogen-bond acceptors (Lipinski definition) is 4. The number of rotatable bonds is 7. The lowest BCUT2D eigenvalue weighted by Crippen LogP contribution is -2.33. The SMILES string of the molecule is Cc1cc(C2=NO[C@](C)(c3cc(Cl)cc(C(F)(F)F)c3)C2)ccc1C(=O)CCC(=O)NCC(F)(F)F. The molecule has 1 amide bonds. The van der Waals surface area contributed by atoms with E-state index in [2.05, 4.69) is 5.16 Å². The molecule has 194 valence electrons. The average Bonchev–Trinajstić information content (AvgIpc) is 3.18. The van der Waals surface area contributed by atoms with Crippen molar-refractivity contribution in [2.24, 2.45) is 5.16 Å². The van der Waals surface area contributed by atoms with E-state index in [0.29, 0.717) is 16.8 Å². The van der Waals surface area contributed by atoms with Gasteiger partial charge in [-0.15, -0.1) is 0 Å². The number of nitrogens with zero attached hydrogens (tertiary/aromatic N) is 1. The van der Waals surface area contributed by atoms with Crippen molar-refractivity contribution in [1.29, 1.82) is 0 Å². The Labute approximate surface area is 207 Å². The van der Waals surface area contributed by atoms with Gasteiger partial charge in [-0.1, -0.05) is 28.9 Å². The highest BCUT2D eigenvalue weighted by molar-refractivity contribution is 6.30. The number of oxime groups is 1. The minimum Gasteiger partial charge on any atom is -0.384 e. The fourth-order valence-corrected chi connectivity index (χ4v) is 3.95. The summed E-state index contributed by atoms with van der Waals surface area (Å²) in [7, 11) is 0. The average molecular weight is 535 g/mol. The molecule has 0 radical (unpaired) electrons. The van der Waals surface area contributed by atoms with Crippen molar-refractivity contribution >= 4 is 29.0 Å². The quantitative estimate of drug-likeness (QED) is 0.332. The van der Waals surface area contributed by atoms with Crippen LogP contribution < -0.4 is 5.32 Å². The smallest absolute Gasteiger partial charge is 0.384 e. The number of nitrogens with one attached hydrogen (secondary N) is 1. The van der Waals surface area contributed by atoms with Gasteiger partial charge in [0.25, 0.3) is 0 Å². The number of Topliss-reactive ketones (excluding diaryl/α,β-unsaturated/α-hetero) is 1. The number of benzene rings is 2. The number of amides is 1. The molecule has 0 bridgehead atoms. The summed E-state index contributed by atoms with van der Waals surface area (Å²) in [4.78, 5) is 29.5. The van der Waals surface area contributed by atoms with Gasteiger partial charge in [-0.2, -0.15) is 26.3 Å². The van der Waals surface area contributed by atoms with Crippen molar-refractivity contribution < 1.29 is 40.8 Å². The number of ketones is 1. The van der Waals surface area contributed by atoms with Crippen LogP contribution >= 0.6 is 11.6 Å². The first kappa shape index (κ1) is 27.5. The van der Waals surface area contributed by atoms with E-state index in [1.165, 1.54) is 12.1 Å². The number of carbonyl (C=O) groups is 2. The van der Waals surface area contributed by atoms with Crippen LogP contribution in [-0.4, -0.2) is 30.1 Å². The van der Waals surface area contributed by atoms with Crippen LogP contribution in [-0.2, 0) is 21.4 Å². The van der Waals surface area contributed by atoms with E-state index in [-0.39, 0.29) is 29.0 Å². The molecule has 1 aliphatic rings. The fourth-order valence-electron chi connectivity index (χ4n) is 3.71. The standard InChI is InChI=1S/C24H21ClF6N2O3/c1-13-7-14(3-4-18(13)20(34)5-6-21(35)32-12-23(26,27)28)19-11-22(2,36-33-19)15-8-16(24(29,30)31)10-17(25)9-15/h3-4,7-10H,5-6,11-12H2,1-2H3,(H,32,35)/t22-/m0/s1. The molecule has 3 rings (SSSR count). The number of carbonyl (C=O) groups excluding carboxylic acids is 2. The van der Waals surface area contributed by atoms with Crippen molar-refractivity contribution in [3.05, 3.63) is 69.2 Å². The first-order valence-corrected chi connectivity index (χ1v) is 11.1. The maximum atomic E-state index is 13.2. The second-order valence-corrected chi connectivity index (χ2v) is 9.04. The summed E-state index contributed by atoms with van der Waals surface area (Å²) in [6, 6.07) is 7.89. The van der Waals surface area contributed by atoms with Gasteiger partial charge in [0.2, 0.25) is 5.91 Å². The highest BCUT2D eigenvalue weighted by Crippen LogP contribution is 2.40. The Morgan fingerprint density at radius 1 is 1.08 bits per heavy atom. The van der Waals surface area contributed by atoms with Crippen LogP contribution in [0, 0.1) is 6.92 Å². The first-order chi connectivity index (χ1) is 16.6. The number of alkyl halides is 6. The van der Waals surface area contributed by atoms with Gasteiger partial charge in [0.05, 0.1) is 11.3 Å². The Balaban J connectivity index is 1.69. The topological polar surface area (TPSA) is 67.8 Å². The summed E-state index contributed by atoms with van der Waals surface area (Å²) in [5.74, 6) is -1.31. The van der Waals surface area contributed by atoms with E-state index in [1.54, 1.807) is 31.3 Å². The van der Waals surface area contributed by atoms with Gasteiger partial charge in [-0.05, 0) is 49.2 Å². The Morgan fingerprint density at radius 2 is 1.78 bits per heavy atom. The molecule has 2 aromatic rings. The largest absolute Gasteiger partial charge is 0.416 e.